The van der Waals surface area contributed by atoms with Crippen LogP contribution in [-0.2, 0) is 41.6 Å². The fraction of sp³-hybridized carbons (Fsp3) is 0.553. The van der Waals surface area contributed by atoms with E-state index in [4.69, 9.17) is 14.2 Å². The molecule has 0 bridgehead atoms. The molecule has 1 aliphatic rings. The number of amides is 4. The van der Waals surface area contributed by atoms with Crippen molar-refractivity contribution in [2.45, 2.75) is 123 Å². The van der Waals surface area contributed by atoms with E-state index in [2.05, 4.69) is 16.0 Å². The number of likely N-dealkylation sites (tertiary alicyclic amines) is 1. The number of hydrogen-bond acceptors (Lipinski definition) is 8. The monoisotopic (exact) mass is 694 g/mol. The fourth-order valence-corrected chi connectivity index (χ4v) is 5.44. The van der Waals surface area contributed by atoms with Gasteiger partial charge in [-0.15, -0.1) is 0 Å². The summed E-state index contributed by atoms with van der Waals surface area (Å²) in [7, 11) is 0. The van der Waals surface area contributed by atoms with Crippen LogP contribution < -0.4 is 20.7 Å². The Hall–Kier alpha value is -4.61. The molecule has 1 aliphatic heterocycles. The molecule has 1 heterocycles. The average Bonchev–Trinajstić information content (AvgIpc) is 3.01. The van der Waals surface area contributed by atoms with Gasteiger partial charge in [0.05, 0.1) is 13.0 Å². The van der Waals surface area contributed by atoms with E-state index in [0.717, 1.165) is 29.5 Å². The van der Waals surface area contributed by atoms with Gasteiger partial charge < -0.3 is 35.1 Å². The number of esters is 1. The van der Waals surface area contributed by atoms with Crippen molar-refractivity contribution in [1.82, 2.24) is 20.9 Å². The highest BCUT2D eigenvalue weighted by molar-refractivity contribution is 5.94. The Morgan fingerprint density at radius 2 is 1.56 bits per heavy atom. The predicted molar refractivity (Wildman–Crippen MR) is 189 cm³/mol. The standard InChI is InChI=1S/C38H54N4O8/c1-25-16-18-29(48-30-15-12-20-42(24-30)36(47)50-38(6,7)8)21-28(25)23-39-34(45)31(19-17-27-13-10-9-11-14-27)41-35(46)32(40-26(2)43)22-33(44)49-37(3,4)5/h9-11,13-14,16,18,21,30-32H,12,15,17,19-20,22-24H2,1-8H3,(H,39,45)(H,40,43)(H,41,46)/t30?,31-,32-/m0/s1. The summed E-state index contributed by atoms with van der Waals surface area (Å²) in [4.78, 5) is 65.9. The maximum Gasteiger partial charge on any atom is 0.410 e. The van der Waals surface area contributed by atoms with Gasteiger partial charge >= 0.3 is 12.1 Å². The summed E-state index contributed by atoms with van der Waals surface area (Å²) in [5.41, 5.74) is 1.39. The van der Waals surface area contributed by atoms with Crippen LogP contribution >= 0.6 is 0 Å². The molecule has 0 radical (unpaired) electrons. The number of nitrogens with zero attached hydrogens (tertiary/aromatic N) is 1. The molecule has 2 aromatic carbocycles. The molecule has 12 nitrogen and oxygen atoms in total. The Morgan fingerprint density at radius 1 is 0.880 bits per heavy atom. The number of aryl methyl sites for hydroxylation is 2. The van der Waals surface area contributed by atoms with Gasteiger partial charge in [0.1, 0.15) is 35.1 Å². The van der Waals surface area contributed by atoms with Crippen LogP contribution in [0.5, 0.6) is 5.75 Å². The fourth-order valence-electron chi connectivity index (χ4n) is 5.44. The molecule has 3 N–H and O–H groups in total. The lowest BCUT2D eigenvalue weighted by atomic mass is 10.0. The second-order valence-corrected chi connectivity index (χ2v) is 14.7. The molecule has 4 amide bonds. The van der Waals surface area contributed by atoms with Gasteiger partial charge in [-0.05, 0) is 103 Å². The highest BCUT2D eigenvalue weighted by Crippen LogP contribution is 2.23. The van der Waals surface area contributed by atoms with Gasteiger partial charge in [0.2, 0.25) is 17.7 Å². The number of hydrogen-bond donors (Lipinski definition) is 3. The maximum absolute atomic E-state index is 13.7. The summed E-state index contributed by atoms with van der Waals surface area (Å²) in [6.07, 6.45) is 1.39. The molecule has 0 saturated carbocycles. The first-order valence-corrected chi connectivity index (χ1v) is 17.2. The molecule has 0 aromatic heterocycles. The van der Waals surface area contributed by atoms with Crippen molar-refractivity contribution in [3.63, 3.8) is 0 Å². The third-order valence-electron chi connectivity index (χ3n) is 7.79. The van der Waals surface area contributed by atoms with Crippen molar-refractivity contribution in [3.8, 4) is 5.75 Å². The van der Waals surface area contributed by atoms with E-state index in [0.29, 0.717) is 25.3 Å². The van der Waals surface area contributed by atoms with Gasteiger partial charge in [0.15, 0.2) is 0 Å². The quantitative estimate of drug-likeness (QED) is 0.254. The molecule has 1 unspecified atom stereocenters. The molecule has 12 heteroatoms. The van der Waals surface area contributed by atoms with Crippen LogP contribution in [0.3, 0.4) is 0 Å². The second kappa shape index (κ2) is 17.9. The lowest BCUT2D eigenvalue weighted by molar-refractivity contribution is -0.156. The second-order valence-electron chi connectivity index (χ2n) is 14.7. The van der Waals surface area contributed by atoms with E-state index in [9.17, 15) is 24.0 Å². The van der Waals surface area contributed by atoms with Crippen LogP contribution in [-0.4, -0.2) is 77.2 Å². The van der Waals surface area contributed by atoms with Gasteiger partial charge in [-0.25, -0.2) is 4.79 Å². The van der Waals surface area contributed by atoms with E-state index in [1.807, 2.05) is 76.2 Å². The van der Waals surface area contributed by atoms with E-state index in [-0.39, 0.29) is 25.2 Å². The molecule has 3 atom stereocenters. The van der Waals surface area contributed by atoms with E-state index in [1.165, 1.54) is 6.92 Å². The number of carbonyl (C=O) groups excluding carboxylic acids is 5. The Labute approximate surface area is 296 Å². The third-order valence-corrected chi connectivity index (χ3v) is 7.79. The summed E-state index contributed by atoms with van der Waals surface area (Å²) in [5, 5.41) is 8.23. The summed E-state index contributed by atoms with van der Waals surface area (Å²) in [5.74, 6) is -1.62. The Kier molecular flexibility index (Phi) is 14.2. The Balaban J connectivity index is 1.70. The van der Waals surface area contributed by atoms with Crippen molar-refractivity contribution in [3.05, 3.63) is 65.2 Å². The van der Waals surface area contributed by atoms with E-state index < -0.39 is 53.4 Å². The average molecular weight is 695 g/mol. The number of piperidine rings is 1. The molecule has 50 heavy (non-hydrogen) atoms. The minimum absolute atomic E-state index is 0.168. The van der Waals surface area contributed by atoms with Gasteiger partial charge in [-0.3, -0.25) is 19.2 Å². The van der Waals surface area contributed by atoms with Gasteiger partial charge in [-0.1, -0.05) is 36.4 Å². The first-order chi connectivity index (χ1) is 23.4. The van der Waals surface area contributed by atoms with Crippen molar-refractivity contribution in [2.24, 2.45) is 0 Å². The summed E-state index contributed by atoms with van der Waals surface area (Å²) in [6.45, 7) is 15.0. The lowest BCUT2D eigenvalue weighted by Crippen LogP contribution is -2.54. The molecule has 0 aliphatic carbocycles. The van der Waals surface area contributed by atoms with Crippen molar-refractivity contribution in [1.29, 1.82) is 0 Å². The zero-order chi connectivity index (χ0) is 37.1. The third kappa shape index (κ3) is 14.1. The van der Waals surface area contributed by atoms with Crippen molar-refractivity contribution >= 4 is 29.8 Å². The molecule has 3 rings (SSSR count). The molecule has 2 aromatic rings. The van der Waals surface area contributed by atoms with E-state index >= 15 is 0 Å². The topological polar surface area (TPSA) is 152 Å². The first-order valence-electron chi connectivity index (χ1n) is 17.2. The van der Waals surface area contributed by atoms with Crippen LogP contribution in [0.15, 0.2) is 48.5 Å². The minimum Gasteiger partial charge on any atom is -0.489 e. The molecular weight excluding hydrogens is 640 g/mol. The number of carbonyl (C=O) groups is 5. The number of benzene rings is 2. The smallest absolute Gasteiger partial charge is 0.410 e. The molecular formula is C38H54N4O8. The normalized spacial score (nSPS) is 16.0. The van der Waals surface area contributed by atoms with Crippen LogP contribution in [0.25, 0.3) is 0 Å². The SMILES string of the molecule is CC(=O)N[C@@H](CC(=O)OC(C)(C)C)C(=O)N[C@@H](CCc1ccccc1)C(=O)NCc1cc(OC2CCCN(C(=O)OC(C)(C)C)C2)ccc1C. The van der Waals surface area contributed by atoms with Crippen molar-refractivity contribution in [2.75, 3.05) is 13.1 Å². The van der Waals surface area contributed by atoms with Crippen LogP contribution in [0, 0.1) is 6.92 Å². The zero-order valence-electron chi connectivity index (χ0n) is 30.7. The van der Waals surface area contributed by atoms with Gasteiger partial charge in [0, 0.05) is 20.0 Å². The largest absolute Gasteiger partial charge is 0.489 e. The van der Waals surface area contributed by atoms with E-state index in [1.54, 1.807) is 25.7 Å². The number of nitrogens with one attached hydrogen (secondary N) is 3. The highest BCUT2D eigenvalue weighted by atomic mass is 16.6. The predicted octanol–water partition coefficient (Wildman–Crippen LogP) is 4.74. The summed E-state index contributed by atoms with van der Waals surface area (Å²) >= 11 is 0. The van der Waals surface area contributed by atoms with Crippen molar-refractivity contribution < 1.29 is 38.2 Å². The van der Waals surface area contributed by atoms with Gasteiger partial charge in [0.25, 0.3) is 0 Å². The maximum atomic E-state index is 13.7. The lowest BCUT2D eigenvalue weighted by Gasteiger charge is -2.34. The summed E-state index contributed by atoms with van der Waals surface area (Å²) < 4.78 is 17.2. The van der Waals surface area contributed by atoms with Crippen LogP contribution in [0.2, 0.25) is 0 Å². The van der Waals surface area contributed by atoms with Gasteiger partial charge in [-0.2, -0.15) is 0 Å². The molecule has 1 saturated heterocycles. The van der Waals surface area contributed by atoms with Crippen LogP contribution in [0.4, 0.5) is 4.79 Å². The number of ether oxygens (including phenoxy) is 3. The Morgan fingerprint density at radius 3 is 2.20 bits per heavy atom. The molecule has 0 spiro atoms. The van der Waals surface area contributed by atoms with Crippen LogP contribution in [0.1, 0.15) is 90.8 Å². The molecule has 274 valence electrons. The first kappa shape index (κ1) is 39.8. The minimum atomic E-state index is -1.23. The summed E-state index contributed by atoms with van der Waals surface area (Å²) in [6, 6.07) is 13.0. The zero-order valence-corrected chi connectivity index (χ0v) is 30.7. The highest BCUT2D eigenvalue weighted by Gasteiger charge is 2.31. The molecule has 1 fully saturated rings. The Bertz CT molecular complexity index is 1480. The number of rotatable bonds is 13.